The molecule has 160 valence electrons. The Morgan fingerprint density at radius 3 is 2.23 bits per heavy atom. The number of halogens is 3. The molecule has 0 N–H and O–H groups in total. The average Bonchev–Trinajstić information content (AvgIpc) is 2.79. The number of nitrogens with zero attached hydrogens (tertiary/aromatic N) is 3. The molecule has 0 unspecified atom stereocenters. The zero-order valence-electron chi connectivity index (χ0n) is 16.5. The molecule has 0 spiro atoms. The van der Waals surface area contributed by atoms with Crippen molar-refractivity contribution in [2.24, 2.45) is 0 Å². The molecular formula is C23H20F3N3O2. The normalized spacial score (nSPS) is 14.4. The van der Waals surface area contributed by atoms with Crippen LogP contribution in [0.15, 0.2) is 72.9 Å². The van der Waals surface area contributed by atoms with Crippen LogP contribution in [0.4, 0.5) is 19.0 Å². The number of hydrogen-bond acceptors (Lipinski definition) is 4. The van der Waals surface area contributed by atoms with Crippen LogP contribution in [-0.2, 0) is 6.18 Å². The van der Waals surface area contributed by atoms with Crippen molar-refractivity contribution < 1.29 is 22.7 Å². The first-order valence-corrected chi connectivity index (χ1v) is 9.80. The van der Waals surface area contributed by atoms with E-state index in [1.54, 1.807) is 29.2 Å². The number of carbonyl (C=O) groups is 1. The molecule has 8 heteroatoms. The SMILES string of the molecule is O=C(c1cccc(Oc2ccccc2)c1)N1CCN(c2ccc(C(F)(F)F)cn2)CC1. The summed E-state index contributed by atoms with van der Waals surface area (Å²) in [5.74, 6) is 1.62. The van der Waals surface area contributed by atoms with Crippen LogP contribution in [0, 0.1) is 0 Å². The van der Waals surface area contributed by atoms with Gasteiger partial charge in [-0.25, -0.2) is 4.98 Å². The molecule has 2 heterocycles. The minimum Gasteiger partial charge on any atom is -0.457 e. The number of pyridine rings is 1. The Hall–Kier alpha value is -3.55. The Labute approximate surface area is 177 Å². The van der Waals surface area contributed by atoms with Gasteiger partial charge in [0, 0.05) is 37.9 Å². The van der Waals surface area contributed by atoms with Crippen LogP contribution in [0.25, 0.3) is 0 Å². The van der Waals surface area contributed by atoms with E-state index in [4.69, 9.17) is 4.74 Å². The minimum absolute atomic E-state index is 0.112. The highest BCUT2D eigenvalue weighted by molar-refractivity contribution is 5.94. The lowest BCUT2D eigenvalue weighted by Gasteiger charge is -2.35. The van der Waals surface area contributed by atoms with Gasteiger partial charge < -0.3 is 14.5 Å². The maximum absolute atomic E-state index is 12.9. The van der Waals surface area contributed by atoms with E-state index in [1.165, 1.54) is 6.07 Å². The van der Waals surface area contributed by atoms with Crippen LogP contribution in [0.5, 0.6) is 11.5 Å². The molecule has 1 aromatic heterocycles. The first-order valence-electron chi connectivity index (χ1n) is 9.80. The fraction of sp³-hybridized carbons (Fsp3) is 0.217. The van der Waals surface area contributed by atoms with Gasteiger partial charge >= 0.3 is 6.18 Å². The average molecular weight is 427 g/mol. The van der Waals surface area contributed by atoms with Crippen molar-refractivity contribution in [3.8, 4) is 11.5 Å². The van der Waals surface area contributed by atoms with Crippen LogP contribution < -0.4 is 9.64 Å². The number of benzene rings is 2. The molecule has 0 bridgehead atoms. The first kappa shape index (κ1) is 20.7. The van der Waals surface area contributed by atoms with E-state index in [0.717, 1.165) is 12.3 Å². The first-order chi connectivity index (χ1) is 14.9. The topological polar surface area (TPSA) is 45.7 Å². The molecule has 4 rings (SSSR count). The van der Waals surface area contributed by atoms with Crippen molar-refractivity contribution in [1.29, 1.82) is 0 Å². The third kappa shape index (κ3) is 4.96. The lowest BCUT2D eigenvalue weighted by atomic mass is 10.1. The van der Waals surface area contributed by atoms with E-state index in [-0.39, 0.29) is 5.91 Å². The van der Waals surface area contributed by atoms with E-state index in [2.05, 4.69) is 4.98 Å². The highest BCUT2D eigenvalue weighted by atomic mass is 19.4. The van der Waals surface area contributed by atoms with Crippen molar-refractivity contribution in [2.75, 3.05) is 31.1 Å². The van der Waals surface area contributed by atoms with Gasteiger partial charge in [0.05, 0.1) is 5.56 Å². The van der Waals surface area contributed by atoms with Crippen LogP contribution in [0.1, 0.15) is 15.9 Å². The Morgan fingerprint density at radius 1 is 0.871 bits per heavy atom. The number of piperazine rings is 1. The Balaban J connectivity index is 1.38. The third-order valence-electron chi connectivity index (χ3n) is 5.03. The monoisotopic (exact) mass is 427 g/mol. The molecule has 1 fully saturated rings. The van der Waals surface area contributed by atoms with Crippen LogP contribution in [0.2, 0.25) is 0 Å². The summed E-state index contributed by atoms with van der Waals surface area (Å²) in [6, 6.07) is 18.7. The number of anilines is 1. The standard InChI is InChI=1S/C23H20F3N3O2/c24-23(25,26)18-9-10-21(27-16-18)28-11-13-29(14-12-28)22(30)17-5-4-8-20(15-17)31-19-6-2-1-3-7-19/h1-10,15-16H,11-14H2. The number of amides is 1. The van der Waals surface area contributed by atoms with Gasteiger partial charge in [-0.15, -0.1) is 0 Å². The number of hydrogen-bond donors (Lipinski definition) is 0. The van der Waals surface area contributed by atoms with Gasteiger partial charge in [-0.05, 0) is 42.5 Å². The van der Waals surface area contributed by atoms with E-state index in [0.29, 0.717) is 49.1 Å². The van der Waals surface area contributed by atoms with Gasteiger partial charge in [0.15, 0.2) is 0 Å². The number of ether oxygens (including phenoxy) is 1. The number of aromatic nitrogens is 1. The van der Waals surface area contributed by atoms with Crippen LogP contribution >= 0.6 is 0 Å². The predicted octanol–water partition coefficient (Wildman–Crippen LogP) is 4.86. The third-order valence-corrected chi connectivity index (χ3v) is 5.03. The van der Waals surface area contributed by atoms with Gasteiger partial charge in [-0.2, -0.15) is 13.2 Å². The summed E-state index contributed by atoms with van der Waals surface area (Å²) in [6.45, 7) is 1.88. The number of carbonyl (C=O) groups excluding carboxylic acids is 1. The number of alkyl halides is 3. The van der Waals surface area contributed by atoms with E-state index >= 15 is 0 Å². The summed E-state index contributed by atoms with van der Waals surface area (Å²) < 4.78 is 43.9. The molecule has 1 amide bonds. The molecule has 1 aliphatic heterocycles. The summed E-state index contributed by atoms with van der Waals surface area (Å²) in [4.78, 5) is 20.4. The molecule has 0 aliphatic carbocycles. The van der Waals surface area contributed by atoms with Crippen molar-refractivity contribution in [2.45, 2.75) is 6.18 Å². The highest BCUT2D eigenvalue weighted by Gasteiger charge is 2.31. The molecule has 1 saturated heterocycles. The second kappa shape index (κ2) is 8.67. The van der Waals surface area contributed by atoms with Gasteiger partial charge in [0.1, 0.15) is 17.3 Å². The van der Waals surface area contributed by atoms with Crippen molar-refractivity contribution in [1.82, 2.24) is 9.88 Å². The van der Waals surface area contributed by atoms with Crippen molar-refractivity contribution >= 4 is 11.7 Å². The summed E-state index contributed by atoms with van der Waals surface area (Å²) in [7, 11) is 0. The maximum Gasteiger partial charge on any atom is 0.417 e. The molecule has 5 nitrogen and oxygen atoms in total. The second-order valence-electron chi connectivity index (χ2n) is 7.13. The highest BCUT2D eigenvalue weighted by Crippen LogP contribution is 2.29. The summed E-state index contributed by atoms with van der Waals surface area (Å²) >= 11 is 0. The lowest BCUT2D eigenvalue weighted by molar-refractivity contribution is -0.137. The van der Waals surface area contributed by atoms with Crippen molar-refractivity contribution in [3.63, 3.8) is 0 Å². The Kier molecular flexibility index (Phi) is 5.79. The minimum atomic E-state index is -4.41. The molecule has 31 heavy (non-hydrogen) atoms. The van der Waals surface area contributed by atoms with Crippen LogP contribution in [0.3, 0.4) is 0 Å². The van der Waals surface area contributed by atoms with E-state index in [9.17, 15) is 18.0 Å². The molecule has 0 radical (unpaired) electrons. The molecule has 2 aromatic carbocycles. The zero-order valence-corrected chi connectivity index (χ0v) is 16.5. The molecule has 1 aliphatic rings. The smallest absolute Gasteiger partial charge is 0.417 e. The lowest BCUT2D eigenvalue weighted by Crippen LogP contribution is -2.49. The summed E-state index contributed by atoms with van der Waals surface area (Å²) in [5.41, 5.74) is -0.253. The fourth-order valence-electron chi connectivity index (χ4n) is 3.38. The fourth-order valence-corrected chi connectivity index (χ4v) is 3.38. The largest absolute Gasteiger partial charge is 0.457 e. The van der Waals surface area contributed by atoms with Crippen molar-refractivity contribution in [3.05, 3.63) is 84.1 Å². The zero-order chi connectivity index (χ0) is 21.8. The van der Waals surface area contributed by atoms with Crippen LogP contribution in [-0.4, -0.2) is 42.0 Å². The number of rotatable bonds is 4. The Bertz CT molecular complexity index is 1030. The van der Waals surface area contributed by atoms with Gasteiger partial charge in [-0.3, -0.25) is 4.79 Å². The molecule has 0 atom stereocenters. The quantitative estimate of drug-likeness (QED) is 0.597. The maximum atomic E-state index is 12.9. The molecule has 0 saturated carbocycles. The van der Waals surface area contributed by atoms with Gasteiger partial charge in [0.25, 0.3) is 5.91 Å². The Morgan fingerprint density at radius 2 is 1.58 bits per heavy atom. The predicted molar refractivity (Wildman–Crippen MR) is 110 cm³/mol. The van der Waals surface area contributed by atoms with E-state index in [1.807, 2.05) is 35.2 Å². The molecule has 3 aromatic rings. The van der Waals surface area contributed by atoms with Gasteiger partial charge in [-0.1, -0.05) is 24.3 Å². The summed E-state index contributed by atoms with van der Waals surface area (Å²) in [6.07, 6.45) is -3.57. The van der Waals surface area contributed by atoms with Gasteiger partial charge in [0.2, 0.25) is 0 Å². The summed E-state index contributed by atoms with van der Waals surface area (Å²) in [5, 5.41) is 0. The van der Waals surface area contributed by atoms with E-state index < -0.39 is 11.7 Å². The number of para-hydroxylation sites is 1. The second-order valence-corrected chi connectivity index (χ2v) is 7.13. The molecular weight excluding hydrogens is 407 g/mol.